The smallest absolute Gasteiger partial charge is 0.407 e. The molecule has 1 saturated carbocycles. The number of alkyl carbamates (subject to hydrolysis) is 1. The molecule has 0 bridgehead atoms. The van der Waals surface area contributed by atoms with Crippen molar-refractivity contribution in [1.29, 1.82) is 0 Å². The van der Waals surface area contributed by atoms with Crippen molar-refractivity contribution in [3.8, 4) is 11.1 Å². The number of carbonyl (C=O) groups excluding carboxylic acids is 2. The molecule has 0 spiro atoms. The van der Waals surface area contributed by atoms with Crippen LogP contribution in [0.15, 0.2) is 60.2 Å². The molecule has 1 aliphatic heterocycles. The standard InChI is InChI=1S/C27H28N2O5/c1-16(25(30)29-13-11-21-22(14-29)24(21)26(31)32)10-12-28-27(33)34-15-23-19-8-4-2-6-17(19)18-7-3-5-9-20(18)23/h2-10,21-24H,11-15H2,1H3,(H,28,33)(H,31,32)/b16-10+/t21-,22+,24?/m1/s1. The molecule has 7 nitrogen and oxygen atoms in total. The molecule has 176 valence electrons. The number of nitrogens with zero attached hydrogens (tertiary/aromatic N) is 1. The summed E-state index contributed by atoms with van der Waals surface area (Å²) in [6, 6.07) is 16.3. The van der Waals surface area contributed by atoms with Gasteiger partial charge < -0.3 is 20.1 Å². The van der Waals surface area contributed by atoms with E-state index >= 15 is 0 Å². The Kier molecular flexibility index (Phi) is 5.86. The minimum absolute atomic E-state index is 0.00279. The van der Waals surface area contributed by atoms with E-state index in [-0.39, 0.29) is 42.7 Å². The second-order valence-corrected chi connectivity index (χ2v) is 9.33. The summed E-state index contributed by atoms with van der Waals surface area (Å²) >= 11 is 0. The zero-order valence-electron chi connectivity index (χ0n) is 19.1. The number of fused-ring (bicyclic) bond motifs is 4. The largest absolute Gasteiger partial charge is 0.481 e. The van der Waals surface area contributed by atoms with Gasteiger partial charge in [0.05, 0.1) is 5.92 Å². The first-order valence-corrected chi connectivity index (χ1v) is 11.7. The first kappa shape index (κ1) is 22.2. The van der Waals surface area contributed by atoms with E-state index in [1.54, 1.807) is 17.9 Å². The van der Waals surface area contributed by atoms with Gasteiger partial charge in [-0.2, -0.15) is 0 Å². The van der Waals surface area contributed by atoms with Crippen molar-refractivity contribution in [2.24, 2.45) is 17.8 Å². The highest BCUT2D eigenvalue weighted by atomic mass is 16.5. The van der Waals surface area contributed by atoms with Gasteiger partial charge in [0, 0.05) is 31.1 Å². The molecule has 3 aliphatic rings. The van der Waals surface area contributed by atoms with Crippen molar-refractivity contribution in [2.45, 2.75) is 19.3 Å². The number of hydrogen-bond donors (Lipinski definition) is 2. The summed E-state index contributed by atoms with van der Waals surface area (Å²) < 4.78 is 5.52. The van der Waals surface area contributed by atoms with Gasteiger partial charge in [0.25, 0.3) is 0 Å². The molecule has 1 saturated heterocycles. The SMILES string of the molecule is C/C(=C\CNC(=O)OCC1c2ccccc2-c2ccccc21)C(=O)N1CC[C@H]2C(C(=O)O)[C@H]2C1. The molecule has 2 aromatic rings. The Balaban J connectivity index is 1.12. The molecule has 1 unspecified atom stereocenters. The fraction of sp³-hybridized carbons (Fsp3) is 0.370. The Bertz CT molecular complexity index is 1130. The third kappa shape index (κ3) is 4.06. The minimum Gasteiger partial charge on any atom is -0.481 e. The van der Waals surface area contributed by atoms with Crippen LogP contribution >= 0.6 is 0 Å². The number of carboxylic acid groups (broad SMARTS) is 1. The molecular formula is C27H28N2O5. The number of amides is 2. The van der Waals surface area contributed by atoms with E-state index in [9.17, 15) is 19.5 Å². The third-order valence-electron chi connectivity index (χ3n) is 7.40. The third-order valence-corrected chi connectivity index (χ3v) is 7.40. The number of carbonyl (C=O) groups is 3. The number of hydrogen-bond acceptors (Lipinski definition) is 4. The van der Waals surface area contributed by atoms with E-state index in [0.29, 0.717) is 18.7 Å². The zero-order valence-corrected chi connectivity index (χ0v) is 19.1. The van der Waals surface area contributed by atoms with Gasteiger partial charge in [-0.3, -0.25) is 9.59 Å². The second kappa shape index (κ2) is 8.97. The van der Waals surface area contributed by atoms with Crippen LogP contribution in [0, 0.1) is 17.8 Å². The van der Waals surface area contributed by atoms with Crippen molar-refractivity contribution in [2.75, 3.05) is 26.2 Å². The van der Waals surface area contributed by atoms with E-state index in [4.69, 9.17) is 4.74 Å². The molecule has 0 aromatic heterocycles. The van der Waals surface area contributed by atoms with Gasteiger partial charge in [0.1, 0.15) is 6.61 Å². The van der Waals surface area contributed by atoms with Crippen molar-refractivity contribution < 1.29 is 24.2 Å². The van der Waals surface area contributed by atoms with Crippen LogP contribution < -0.4 is 5.32 Å². The summed E-state index contributed by atoms with van der Waals surface area (Å²) in [5, 5.41) is 11.9. The molecule has 34 heavy (non-hydrogen) atoms. The number of nitrogens with one attached hydrogen (secondary N) is 1. The first-order chi connectivity index (χ1) is 16.5. The fourth-order valence-corrected chi connectivity index (χ4v) is 5.56. The maximum absolute atomic E-state index is 12.7. The van der Waals surface area contributed by atoms with Crippen LogP contribution in [0.1, 0.15) is 30.4 Å². The minimum atomic E-state index is -0.760. The lowest BCUT2D eigenvalue weighted by molar-refractivity contribution is -0.139. The molecule has 2 N–H and O–H groups in total. The van der Waals surface area contributed by atoms with Gasteiger partial charge >= 0.3 is 12.1 Å². The summed E-state index contributed by atoms with van der Waals surface area (Å²) in [6.07, 6.45) is 1.89. The van der Waals surface area contributed by atoms with Crippen LogP contribution in [0.2, 0.25) is 0 Å². The molecule has 3 atom stereocenters. The summed E-state index contributed by atoms with van der Waals surface area (Å²) in [7, 11) is 0. The Labute approximate surface area is 198 Å². The van der Waals surface area contributed by atoms with Gasteiger partial charge in [0.2, 0.25) is 5.91 Å². The lowest BCUT2D eigenvalue weighted by Gasteiger charge is -2.26. The molecule has 0 radical (unpaired) electrons. The molecule has 2 aliphatic carbocycles. The summed E-state index contributed by atoms with van der Waals surface area (Å²) in [4.78, 5) is 38.0. The van der Waals surface area contributed by atoms with Crippen LogP contribution in [-0.4, -0.2) is 54.2 Å². The summed E-state index contributed by atoms with van der Waals surface area (Å²) in [5.74, 6) is -0.898. The number of benzene rings is 2. The Morgan fingerprint density at radius 3 is 2.35 bits per heavy atom. The monoisotopic (exact) mass is 460 g/mol. The molecule has 2 amide bonds. The van der Waals surface area contributed by atoms with Crippen molar-refractivity contribution >= 4 is 18.0 Å². The Morgan fingerprint density at radius 1 is 1.06 bits per heavy atom. The lowest BCUT2D eigenvalue weighted by atomic mass is 9.98. The number of aliphatic carboxylic acids is 1. The Morgan fingerprint density at radius 2 is 1.71 bits per heavy atom. The molecule has 2 fully saturated rings. The van der Waals surface area contributed by atoms with Crippen molar-refractivity contribution in [3.63, 3.8) is 0 Å². The van der Waals surface area contributed by atoms with E-state index < -0.39 is 12.1 Å². The predicted molar refractivity (Wildman–Crippen MR) is 126 cm³/mol. The van der Waals surface area contributed by atoms with E-state index in [1.165, 1.54) is 11.1 Å². The van der Waals surface area contributed by atoms with Crippen LogP contribution in [0.3, 0.4) is 0 Å². The number of rotatable bonds is 6. The van der Waals surface area contributed by atoms with Crippen LogP contribution in [0.5, 0.6) is 0 Å². The summed E-state index contributed by atoms with van der Waals surface area (Å²) in [5.41, 5.74) is 5.19. The maximum Gasteiger partial charge on any atom is 0.407 e. The van der Waals surface area contributed by atoms with Crippen molar-refractivity contribution in [3.05, 3.63) is 71.3 Å². The highest BCUT2D eigenvalue weighted by Crippen LogP contribution is 2.51. The average molecular weight is 461 g/mol. The van der Waals surface area contributed by atoms with Gasteiger partial charge in [-0.15, -0.1) is 0 Å². The number of ether oxygens (including phenoxy) is 1. The molecule has 1 heterocycles. The van der Waals surface area contributed by atoms with Crippen molar-refractivity contribution in [1.82, 2.24) is 10.2 Å². The van der Waals surface area contributed by atoms with Gasteiger partial charge in [-0.25, -0.2) is 4.79 Å². The highest BCUT2D eigenvalue weighted by molar-refractivity contribution is 5.93. The van der Waals surface area contributed by atoms with Gasteiger partial charge in [-0.1, -0.05) is 54.6 Å². The number of piperidine rings is 1. The molecule has 7 heteroatoms. The number of likely N-dealkylation sites (tertiary alicyclic amines) is 1. The van der Waals surface area contributed by atoms with Crippen LogP contribution in [0.4, 0.5) is 4.79 Å². The topological polar surface area (TPSA) is 95.9 Å². The Hall–Kier alpha value is -3.61. The highest BCUT2D eigenvalue weighted by Gasteiger charge is 2.57. The maximum atomic E-state index is 12.7. The van der Waals surface area contributed by atoms with E-state index in [1.807, 2.05) is 24.3 Å². The quantitative estimate of drug-likeness (QED) is 0.642. The molecule has 2 aromatic carbocycles. The van der Waals surface area contributed by atoms with Crippen LogP contribution in [-0.2, 0) is 14.3 Å². The first-order valence-electron chi connectivity index (χ1n) is 11.7. The van der Waals surface area contributed by atoms with E-state index in [2.05, 4.69) is 29.6 Å². The van der Waals surface area contributed by atoms with Gasteiger partial charge in [-0.05, 0) is 47.4 Å². The number of carboxylic acids is 1. The second-order valence-electron chi connectivity index (χ2n) is 9.33. The predicted octanol–water partition coefficient (Wildman–Crippen LogP) is 3.65. The van der Waals surface area contributed by atoms with Crippen LogP contribution in [0.25, 0.3) is 11.1 Å². The van der Waals surface area contributed by atoms with E-state index in [0.717, 1.165) is 17.5 Å². The average Bonchev–Trinajstić information content (AvgIpc) is 3.49. The molecular weight excluding hydrogens is 432 g/mol. The summed E-state index contributed by atoms with van der Waals surface area (Å²) in [6.45, 7) is 3.21. The van der Waals surface area contributed by atoms with Gasteiger partial charge in [0.15, 0.2) is 0 Å². The normalized spacial score (nSPS) is 22.9. The lowest BCUT2D eigenvalue weighted by Crippen LogP contribution is -2.37. The molecule has 5 rings (SSSR count). The zero-order chi connectivity index (χ0) is 23.8. The fourth-order valence-electron chi connectivity index (χ4n) is 5.56.